The SMILES string of the molecule is Cc1nnc(N=Nc2ccc(Cl)cc2O)s1. The first-order valence-corrected chi connectivity index (χ1v) is 5.55. The predicted molar refractivity (Wildman–Crippen MR) is 61.9 cm³/mol. The van der Waals surface area contributed by atoms with E-state index in [1.807, 2.05) is 6.92 Å². The Morgan fingerprint density at radius 1 is 1.31 bits per heavy atom. The summed E-state index contributed by atoms with van der Waals surface area (Å²) in [6.45, 7) is 1.83. The van der Waals surface area contributed by atoms with E-state index in [1.165, 1.54) is 17.4 Å². The van der Waals surface area contributed by atoms with E-state index in [2.05, 4.69) is 20.4 Å². The van der Waals surface area contributed by atoms with Crippen LogP contribution in [0.25, 0.3) is 0 Å². The summed E-state index contributed by atoms with van der Waals surface area (Å²) in [5.41, 5.74) is 0.345. The minimum atomic E-state index is -0.0162. The van der Waals surface area contributed by atoms with E-state index >= 15 is 0 Å². The van der Waals surface area contributed by atoms with Crippen LogP contribution < -0.4 is 0 Å². The lowest BCUT2D eigenvalue weighted by atomic mass is 10.3. The van der Waals surface area contributed by atoms with E-state index in [-0.39, 0.29) is 5.75 Å². The third kappa shape index (κ3) is 2.53. The van der Waals surface area contributed by atoms with Gasteiger partial charge in [-0.2, -0.15) is 0 Å². The number of hydrogen-bond donors (Lipinski definition) is 1. The molecule has 0 aliphatic carbocycles. The summed E-state index contributed by atoms with van der Waals surface area (Å²) < 4.78 is 0. The zero-order valence-corrected chi connectivity index (χ0v) is 9.83. The van der Waals surface area contributed by atoms with Crippen LogP contribution in [-0.2, 0) is 0 Å². The van der Waals surface area contributed by atoms with E-state index in [9.17, 15) is 5.11 Å². The van der Waals surface area contributed by atoms with Crippen LogP contribution in [0.15, 0.2) is 28.4 Å². The van der Waals surface area contributed by atoms with Gasteiger partial charge in [-0.15, -0.1) is 20.4 Å². The molecule has 0 spiro atoms. The molecule has 0 fully saturated rings. The standard InChI is InChI=1S/C9H7ClN4OS/c1-5-11-13-9(16-5)14-12-7-3-2-6(10)4-8(7)15/h2-4,15H,1H3. The van der Waals surface area contributed by atoms with Crippen LogP contribution in [0.2, 0.25) is 5.02 Å². The fourth-order valence-corrected chi connectivity index (χ4v) is 1.68. The maximum atomic E-state index is 9.50. The van der Waals surface area contributed by atoms with Gasteiger partial charge < -0.3 is 5.11 Å². The van der Waals surface area contributed by atoms with Crippen LogP contribution in [0.3, 0.4) is 0 Å². The third-order valence-corrected chi connectivity index (χ3v) is 2.65. The second kappa shape index (κ2) is 4.54. The number of phenols is 1. The number of halogens is 1. The van der Waals surface area contributed by atoms with Crippen molar-refractivity contribution in [1.29, 1.82) is 0 Å². The molecule has 1 N–H and O–H groups in total. The largest absolute Gasteiger partial charge is 0.506 e. The molecule has 0 amide bonds. The Hall–Kier alpha value is -1.53. The van der Waals surface area contributed by atoms with E-state index in [0.29, 0.717) is 15.8 Å². The Morgan fingerprint density at radius 2 is 2.12 bits per heavy atom. The zero-order valence-electron chi connectivity index (χ0n) is 8.25. The highest BCUT2D eigenvalue weighted by Crippen LogP contribution is 2.30. The summed E-state index contributed by atoms with van der Waals surface area (Å²) in [4.78, 5) is 0. The summed E-state index contributed by atoms with van der Waals surface area (Å²) in [6, 6.07) is 4.61. The summed E-state index contributed by atoms with van der Waals surface area (Å²) in [6.07, 6.45) is 0. The van der Waals surface area contributed by atoms with Crippen molar-refractivity contribution in [1.82, 2.24) is 10.2 Å². The molecule has 7 heteroatoms. The minimum absolute atomic E-state index is 0.0162. The molecule has 1 aromatic heterocycles. The number of aromatic hydroxyl groups is 1. The van der Waals surface area contributed by atoms with Crippen LogP contribution >= 0.6 is 22.9 Å². The monoisotopic (exact) mass is 254 g/mol. The molecular weight excluding hydrogens is 248 g/mol. The van der Waals surface area contributed by atoms with Gasteiger partial charge in [0.15, 0.2) is 0 Å². The van der Waals surface area contributed by atoms with E-state index in [0.717, 1.165) is 5.01 Å². The third-order valence-electron chi connectivity index (χ3n) is 1.70. The number of phenolic OH excluding ortho intramolecular Hbond substituents is 1. The molecule has 0 saturated heterocycles. The lowest BCUT2D eigenvalue weighted by Gasteiger charge is -1.96. The fourth-order valence-electron chi connectivity index (χ4n) is 1.00. The maximum Gasteiger partial charge on any atom is 0.251 e. The van der Waals surface area contributed by atoms with Gasteiger partial charge in [-0.05, 0) is 19.1 Å². The van der Waals surface area contributed by atoms with Crippen LogP contribution in [0.5, 0.6) is 5.75 Å². The molecule has 0 saturated carbocycles. The number of benzene rings is 1. The number of rotatable bonds is 2. The van der Waals surface area contributed by atoms with Crippen molar-refractivity contribution >= 4 is 33.8 Å². The Kier molecular flexibility index (Phi) is 3.12. The van der Waals surface area contributed by atoms with Crippen molar-refractivity contribution in [3.8, 4) is 5.75 Å². The average Bonchev–Trinajstić information content (AvgIpc) is 2.63. The van der Waals surface area contributed by atoms with Gasteiger partial charge in [-0.25, -0.2) is 0 Å². The number of aryl methyl sites for hydroxylation is 1. The molecule has 82 valence electrons. The first kappa shape index (κ1) is 11.0. The number of nitrogens with zero attached hydrogens (tertiary/aromatic N) is 4. The molecule has 2 rings (SSSR count). The van der Waals surface area contributed by atoms with Gasteiger partial charge >= 0.3 is 0 Å². The average molecular weight is 255 g/mol. The highest BCUT2D eigenvalue weighted by molar-refractivity contribution is 7.14. The van der Waals surface area contributed by atoms with Crippen molar-refractivity contribution in [2.45, 2.75) is 6.92 Å². The van der Waals surface area contributed by atoms with Crippen molar-refractivity contribution in [3.05, 3.63) is 28.2 Å². The number of aromatic nitrogens is 2. The van der Waals surface area contributed by atoms with Gasteiger partial charge in [-0.3, -0.25) is 0 Å². The lowest BCUT2D eigenvalue weighted by molar-refractivity contribution is 0.476. The Balaban J connectivity index is 2.23. The van der Waals surface area contributed by atoms with Crippen molar-refractivity contribution < 1.29 is 5.11 Å². The van der Waals surface area contributed by atoms with Crippen LogP contribution in [-0.4, -0.2) is 15.3 Å². The topological polar surface area (TPSA) is 70.7 Å². The molecule has 5 nitrogen and oxygen atoms in total. The molecule has 1 heterocycles. The highest BCUT2D eigenvalue weighted by Gasteiger charge is 2.01. The summed E-state index contributed by atoms with van der Waals surface area (Å²) >= 11 is 7.01. The maximum absolute atomic E-state index is 9.50. The van der Waals surface area contributed by atoms with E-state index in [4.69, 9.17) is 11.6 Å². The van der Waals surface area contributed by atoms with Gasteiger partial charge in [0.25, 0.3) is 5.13 Å². The molecule has 0 aliphatic heterocycles. The quantitative estimate of drug-likeness (QED) is 0.832. The lowest BCUT2D eigenvalue weighted by Crippen LogP contribution is -1.69. The van der Waals surface area contributed by atoms with E-state index < -0.39 is 0 Å². The minimum Gasteiger partial charge on any atom is -0.506 e. The smallest absolute Gasteiger partial charge is 0.251 e. The number of hydrogen-bond acceptors (Lipinski definition) is 6. The van der Waals surface area contributed by atoms with Crippen molar-refractivity contribution in [2.75, 3.05) is 0 Å². The van der Waals surface area contributed by atoms with E-state index in [1.54, 1.807) is 12.1 Å². The first-order valence-electron chi connectivity index (χ1n) is 4.35. The fraction of sp³-hybridized carbons (Fsp3) is 0.111. The molecule has 0 aliphatic rings. The molecule has 1 aromatic carbocycles. The van der Waals surface area contributed by atoms with Crippen molar-refractivity contribution in [3.63, 3.8) is 0 Å². The Bertz CT molecular complexity index is 540. The van der Waals surface area contributed by atoms with Gasteiger partial charge in [0, 0.05) is 11.1 Å². The van der Waals surface area contributed by atoms with Gasteiger partial charge in [-0.1, -0.05) is 22.9 Å². The Labute approximate surface area is 100 Å². The molecule has 0 bridgehead atoms. The predicted octanol–water partition coefficient (Wildman–Crippen LogP) is 3.62. The summed E-state index contributed by atoms with van der Waals surface area (Å²) in [7, 11) is 0. The van der Waals surface area contributed by atoms with Gasteiger partial charge in [0.05, 0.1) is 0 Å². The first-order chi connectivity index (χ1) is 7.65. The molecule has 16 heavy (non-hydrogen) atoms. The van der Waals surface area contributed by atoms with Gasteiger partial charge in [0.2, 0.25) is 0 Å². The van der Waals surface area contributed by atoms with Gasteiger partial charge in [0.1, 0.15) is 16.4 Å². The highest BCUT2D eigenvalue weighted by atomic mass is 35.5. The molecule has 0 radical (unpaired) electrons. The molecule has 0 unspecified atom stereocenters. The molecular formula is C9H7ClN4OS. The van der Waals surface area contributed by atoms with Crippen LogP contribution in [0.4, 0.5) is 10.8 Å². The normalized spacial score (nSPS) is 11.1. The second-order valence-corrected chi connectivity index (χ2v) is 4.53. The van der Waals surface area contributed by atoms with Crippen LogP contribution in [0.1, 0.15) is 5.01 Å². The summed E-state index contributed by atoms with van der Waals surface area (Å²) in [5.74, 6) is -0.0162. The zero-order chi connectivity index (χ0) is 11.5. The molecule has 2 aromatic rings. The molecule has 0 atom stereocenters. The second-order valence-electron chi connectivity index (χ2n) is 2.94. The van der Waals surface area contributed by atoms with Crippen molar-refractivity contribution in [2.24, 2.45) is 10.2 Å². The van der Waals surface area contributed by atoms with Crippen LogP contribution in [0, 0.1) is 6.92 Å². The summed E-state index contributed by atoms with van der Waals surface area (Å²) in [5, 5.41) is 26.5. The Morgan fingerprint density at radius 3 is 2.75 bits per heavy atom. The number of azo groups is 1.